The fourth-order valence-corrected chi connectivity index (χ4v) is 4.21. The van der Waals surface area contributed by atoms with Crippen LogP contribution in [0.5, 0.6) is 5.75 Å². The van der Waals surface area contributed by atoms with Crippen molar-refractivity contribution >= 4 is 19.2 Å². The van der Waals surface area contributed by atoms with Crippen molar-refractivity contribution in [2.45, 2.75) is 39.3 Å². The minimum Gasteiger partial charge on any atom is -0.507 e. The van der Waals surface area contributed by atoms with Gasteiger partial charge in [0.2, 0.25) is 0 Å². The molecule has 0 aliphatic heterocycles. The van der Waals surface area contributed by atoms with Gasteiger partial charge in [0.15, 0.2) is 0 Å². The van der Waals surface area contributed by atoms with Crippen LogP contribution in [-0.4, -0.2) is 10.6 Å². The molecule has 0 spiro atoms. The summed E-state index contributed by atoms with van der Waals surface area (Å²) in [5.74, 6) is 0.429. The van der Waals surface area contributed by atoms with Gasteiger partial charge >= 0.3 is 0 Å². The zero-order valence-electron chi connectivity index (χ0n) is 16.3. The van der Waals surface area contributed by atoms with Gasteiger partial charge in [0.25, 0.3) is 0 Å². The highest BCUT2D eigenvalue weighted by Gasteiger charge is 2.13. The Hall–Kier alpha value is -2.15. The van der Waals surface area contributed by atoms with E-state index in [1.165, 1.54) is 16.4 Å². The van der Waals surface area contributed by atoms with Gasteiger partial charge in [-0.2, -0.15) is 0 Å². The first-order chi connectivity index (χ1) is 12.9. The number of para-hydroxylation sites is 1. The van der Waals surface area contributed by atoms with E-state index >= 15 is 0 Å². The first-order valence-electron chi connectivity index (χ1n) is 9.37. The van der Waals surface area contributed by atoms with Gasteiger partial charge < -0.3 is 10.4 Å². The molecule has 3 aromatic carbocycles. The standard InChI is InChI=1S/C24H28NOP/c1-24(2,3)25-17-20-12-7-8-14-21(20)27-22-15-9-13-19(23(22)26)16-18-10-5-4-6-11-18/h4-15,25-27H,16-17H2,1-3H3. The third-order valence-electron chi connectivity index (χ3n) is 4.45. The first kappa shape index (κ1) is 19.6. The topological polar surface area (TPSA) is 32.3 Å². The number of phenolic OH excluding ortho intramolecular Hbond substituents is 1. The van der Waals surface area contributed by atoms with E-state index in [1.807, 2.05) is 30.3 Å². The third-order valence-corrected chi connectivity index (χ3v) is 5.88. The van der Waals surface area contributed by atoms with E-state index < -0.39 is 0 Å². The maximum Gasteiger partial charge on any atom is 0.126 e. The Kier molecular flexibility index (Phi) is 6.31. The number of phenols is 1. The fourth-order valence-electron chi connectivity index (χ4n) is 2.95. The Labute approximate surface area is 164 Å². The van der Waals surface area contributed by atoms with E-state index in [-0.39, 0.29) is 5.54 Å². The lowest BCUT2D eigenvalue weighted by atomic mass is 10.0. The number of nitrogens with one attached hydrogen (secondary N) is 1. The molecule has 3 heteroatoms. The zero-order chi connectivity index (χ0) is 19.3. The second-order valence-electron chi connectivity index (χ2n) is 7.86. The molecule has 0 bridgehead atoms. The van der Waals surface area contributed by atoms with Crippen LogP contribution in [0.3, 0.4) is 0 Å². The number of rotatable bonds is 6. The maximum atomic E-state index is 10.9. The predicted octanol–water partition coefficient (Wildman–Crippen LogP) is 4.50. The van der Waals surface area contributed by atoms with Gasteiger partial charge in [0.1, 0.15) is 5.75 Å². The molecule has 1 unspecified atom stereocenters. The summed E-state index contributed by atoms with van der Waals surface area (Å²) in [6, 6.07) is 24.9. The van der Waals surface area contributed by atoms with Gasteiger partial charge in [0.05, 0.1) is 0 Å². The molecule has 1 atom stereocenters. The molecule has 0 heterocycles. The van der Waals surface area contributed by atoms with Gasteiger partial charge in [-0.1, -0.05) is 81.4 Å². The normalized spacial score (nSPS) is 12.0. The number of benzene rings is 3. The molecular formula is C24H28NOP. The summed E-state index contributed by atoms with van der Waals surface area (Å²) in [6.45, 7) is 7.36. The fraction of sp³-hybridized carbons (Fsp3) is 0.250. The summed E-state index contributed by atoms with van der Waals surface area (Å²) in [5.41, 5.74) is 3.56. The van der Waals surface area contributed by atoms with Crippen molar-refractivity contribution in [3.8, 4) is 5.75 Å². The summed E-state index contributed by atoms with van der Waals surface area (Å²) in [4.78, 5) is 0. The maximum absolute atomic E-state index is 10.9. The Morgan fingerprint density at radius 3 is 2.15 bits per heavy atom. The van der Waals surface area contributed by atoms with Crippen LogP contribution in [0, 0.1) is 0 Å². The summed E-state index contributed by atoms with van der Waals surface area (Å²) in [6.07, 6.45) is 0.748. The van der Waals surface area contributed by atoms with E-state index in [9.17, 15) is 5.11 Å². The van der Waals surface area contributed by atoms with Crippen molar-refractivity contribution in [3.05, 3.63) is 89.5 Å². The highest BCUT2D eigenvalue weighted by atomic mass is 31.1. The van der Waals surface area contributed by atoms with Crippen LogP contribution in [0.1, 0.15) is 37.5 Å². The Balaban J connectivity index is 1.81. The SMILES string of the molecule is CC(C)(C)NCc1ccccc1Pc1cccc(Cc2ccccc2)c1O. The van der Waals surface area contributed by atoms with Crippen LogP contribution in [0.2, 0.25) is 0 Å². The molecule has 140 valence electrons. The monoisotopic (exact) mass is 377 g/mol. The lowest BCUT2D eigenvalue weighted by Crippen LogP contribution is -2.36. The van der Waals surface area contributed by atoms with Gasteiger partial charge in [-0.25, -0.2) is 0 Å². The minimum atomic E-state index is 0.0773. The smallest absolute Gasteiger partial charge is 0.126 e. The summed E-state index contributed by atoms with van der Waals surface area (Å²) in [5, 5.41) is 16.7. The molecule has 0 saturated heterocycles. The summed E-state index contributed by atoms with van der Waals surface area (Å²) in [7, 11) is 0.435. The van der Waals surface area contributed by atoms with Crippen LogP contribution < -0.4 is 15.9 Å². The molecule has 27 heavy (non-hydrogen) atoms. The molecule has 0 aliphatic rings. The van der Waals surface area contributed by atoms with Crippen molar-refractivity contribution in [1.82, 2.24) is 5.32 Å². The second kappa shape index (κ2) is 8.69. The van der Waals surface area contributed by atoms with Crippen molar-refractivity contribution in [3.63, 3.8) is 0 Å². The van der Waals surface area contributed by atoms with Crippen LogP contribution >= 0.6 is 8.58 Å². The lowest BCUT2D eigenvalue weighted by molar-refractivity contribution is 0.425. The van der Waals surface area contributed by atoms with Crippen LogP contribution in [-0.2, 0) is 13.0 Å². The van der Waals surface area contributed by atoms with Gasteiger partial charge in [-0.15, -0.1) is 0 Å². The Morgan fingerprint density at radius 2 is 1.41 bits per heavy atom. The third kappa shape index (κ3) is 5.66. The number of hydrogen-bond acceptors (Lipinski definition) is 2. The molecule has 3 rings (SSSR count). The van der Waals surface area contributed by atoms with Gasteiger partial charge in [-0.3, -0.25) is 0 Å². The Morgan fingerprint density at radius 1 is 0.778 bits per heavy atom. The molecule has 0 fully saturated rings. The Bertz CT molecular complexity index is 884. The summed E-state index contributed by atoms with van der Waals surface area (Å²) < 4.78 is 0. The number of aromatic hydroxyl groups is 1. The van der Waals surface area contributed by atoms with E-state index in [0.717, 1.165) is 23.8 Å². The molecule has 0 radical (unpaired) electrons. The average Bonchev–Trinajstić information content (AvgIpc) is 2.64. The largest absolute Gasteiger partial charge is 0.507 e. The molecule has 2 nitrogen and oxygen atoms in total. The highest BCUT2D eigenvalue weighted by Crippen LogP contribution is 2.25. The zero-order valence-corrected chi connectivity index (χ0v) is 17.3. The molecule has 0 saturated carbocycles. The average molecular weight is 377 g/mol. The highest BCUT2D eigenvalue weighted by molar-refractivity contribution is 7.55. The van der Waals surface area contributed by atoms with Crippen molar-refractivity contribution < 1.29 is 5.11 Å². The van der Waals surface area contributed by atoms with E-state index in [1.54, 1.807) is 0 Å². The van der Waals surface area contributed by atoms with Crippen molar-refractivity contribution in [1.29, 1.82) is 0 Å². The van der Waals surface area contributed by atoms with Crippen molar-refractivity contribution in [2.24, 2.45) is 0 Å². The molecular weight excluding hydrogens is 349 g/mol. The van der Waals surface area contributed by atoms with Crippen LogP contribution in [0.25, 0.3) is 0 Å². The van der Waals surface area contributed by atoms with Crippen LogP contribution in [0.15, 0.2) is 72.8 Å². The minimum absolute atomic E-state index is 0.0773. The van der Waals surface area contributed by atoms with Gasteiger partial charge in [-0.05, 0) is 42.8 Å². The molecule has 0 aliphatic carbocycles. The molecule has 3 aromatic rings. The van der Waals surface area contributed by atoms with E-state index in [2.05, 4.69) is 68.6 Å². The lowest BCUT2D eigenvalue weighted by Gasteiger charge is -2.22. The molecule has 0 aromatic heterocycles. The number of hydrogen-bond donors (Lipinski definition) is 2. The predicted molar refractivity (Wildman–Crippen MR) is 118 cm³/mol. The summed E-state index contributed by atoms with van der Waals surface area (Å²) >= 11 is 0. The first-order valence-corrected chi connectivity index (χ1v) is 10.4. The van der Waals surface area contributed by atoms with Gasteiger partial charge in [0, 0.05) is 23.8 Å². The molecule has 2 N–H and O–H groups in total. The second-order valence-corrected chi connectivity index (χ2v) is 9.19. The molecule has 0 amide bonds. The van der Waals surface area contributed by atoms with Crippen molar-refractivity contribution in [2.75, 3.05) is 0 Å². The van der Waals surface area contributed by atoms with Crippen LogP contribution in [0.4, 0.5) is 0 Å². The van der Waals surface area contributed by atoms with E-state index in [4.69, 9.17) is 0 Å². The quantitative estimate of drug-likeness (QED) is 0.620. The van der Waals surface area contributed by atoms with E-state index in [0.29, 0.717) is 14.3 Å².